The van der Waals surface area contributed by atoms with Crippen LogP contribution in [0.2, 0.25) is 10.0 Å². The molecule has 2 aliphatic rings. The first-order chi connectivity index (χ1) is 8.65. The maximum atomic E-state index is 6.41. The van der Waals surface area contributed by atoms with Gasteiger partial charge in [0.05, 0.1) is 10.0 Å². The molecule has 0 spiro atoms. The molecular weight excluding hydrogens is 265 g/mol. The fourth-order valence-corrected chi connectivity index (χ4v) is 4.33. The van der Waals surface area contributed by atoms with Crippen molar-refractivity contribution in [2.45, 2.75) is 38.1 Å². The minimum atomic E-state index is 0.233. The molecule has 0 amide bonds. The Balaban J connectivity index is 1.71. The van der Waals surface area contributed by atoms with Crippen molar-refractivity contribution in [2.24, 2.45) is 23.5 Å². The number of fused-ring (bicyclic) bond motifs is 2. The molecule has 3 rings (SSSR count). The SMILES string of the molecule is NC(Cc1cccc(Cl)c1Cl)C1CC2CCC1C2. The molecule has 2 aliphatic carbocycles. The van der Waals surface area contributed by atoms with Crippen molar-refractivity contribution < 1.29 is 0 Å². The van der Waals surface area contributed by atoms with Crippen molar-refractivity contribution in [3.63, 3.8) is 0 Å². The Morgan fingerprint density at radius 3 is 2.72 bits per heavy atom. The van der Waals surface area contributed by atoms with Gasteiger partial charge in [-0.3, -0.25) is 0 Å². The van der Waals surface area contributed by atoms with E-state index in [9.17, 15) is 0 Å². The lowest BCUT2D eigenvalue weighted by Gasteiger charge is -2.28. The Bertz CT molecular complexity index is 446. The van der Waals surface area contributed by atoms with E-state index in [1.54, 1.807) is 0 Å². The summed E-state index contributed by atoms with van der Waals surface area (Å²) in [6, 6.07) is 6.06. The number of hydrogen-bond donors (Lipinski definition) is 1. The van der Waals surface area contributed by atoms with E-state index in [4.69, 9.17) is 28.9 Å². The molecule has 98 valence electrons. The number of hydrogen-bond acceptors (Lipinski definition) is 1. The fourth-order valence-electron chi connectivity index (χ4n) is 3.93. The highest BCUT2D eigenvalue weighted by atomic mass is 35.5. The lowest BCUT2D eigenvalue weighted by atomic mass is 9.81. The second-order valence-electron chi connectivity index (χ2n) is 5.92. The van der Waals surface area contributed by atoms with E-state index in [0.29, 0.717) is 16.0 Å². The van der Waals surface area contributed by atoms with Crippen molar-refractivity contribution in [1.82, 2.24) is 0 Å². The summed E-state index contributed by atoms with van der Waals surface area (Å²) in [5, 5.41) is 1.31. The highest BCUT2D eigenvalue weighted by Gasteiger charge is 2.41. The van der Waals surface area contributed by atoms with Crippen LogP contribution in [0.1, 0.15) is 31.2 Å². The zero-order valence-electron chi connectivity index (χ0n) is 10.4. The molecule has 0 aliphatic heterocycles. The minimum absolute atomic E-state index is 0.233. The smallest absolute Gasteiger partial charge is 0.0624 e. The van der Waals surface area contributed by atoms with Gasteiger partial charge < -0.3 is 5.73 Å². The summed E-state index contributed by atoms with van der Waals surface area (Å²) in [7, 11) is 0. The van der Waals surface area contributed by atoms with Gasteiger partial charge in [0.15, 0.2) is 0 Å². The van der Waals surface area contributed by atoms with Crippen molar-refractivity contribution in [3.8, 4) is 0 Å². The molecule has 18 heavy (non-hydrogen) atoms. The molecule has 0 radical (unpaired) electrons. The molecule has 4 atom stereocenters. The molecular formula is C15H19Cl2N. The molecule has 0 saturated heterocycles. The number of rotatable bonds is 3. The Hall–Kier alpha value is -0.240. The molecule has 1 nitrogen and oxygen atoms in total. The topological polar surface area (TPSA) is 26.0 Å². The molecule has 0 aromatic heterocycles. The molecule has 1 aromatic carbocycles. The minimum Gasteiger partial charge on any atom is -0.327 e. The summed E-state index contributed by atoms with van der Waals surface area (Å²) in [5.74, 6) is 2.50. The Labute approximate surface area is 119 Å². The fraction of sp³-hybridized carbons (Fsp3) is 0.600. The highest BCUT2D eigenvalue weighted by Crippen LogP contribution is 2.49. The molecule has 2 N–H and O–H groups in total. The highest BCUT2D eigenvalue weighted by molar-refractivity contribution is 6.42. The maximum Gasteiger partial charge on any atom is 0.0624 e. The van der Waals surface area contributed by atoms with Crippen LogP contribution in [0.4, 0.5) is 0 Å². The van der Waals surface area contributed by atoms with E-state index in [2.05, 4.69) is 0 Å². The number of benzene rings is 1. The van der Waals surface area contributed by atoms with E-state index in [1.165, 1.54) is 25.7 Å². The second-order valence-corrected chi connectivity index (χ2v) is 6.70. The predicted octanol–water partition coefficient (Wildman–Crippen LogP) is 4.30. The first kappa shape index (κ1) is 12.8. The largest absolute Gasteiger partial charge is 0.327 e. The Kier molecular flexibility index (Phi) is 3.57. The lowest BCUT2D eigenvalue weighted by molar-refractivity contribution is 0.280. The van der Waals surface area contributed by atoms with Crippen molar-refractivity contribution in [1.29, 1.82) is 0 Å². The van der Waals surface area contributed by atoms with Crippen LogP contribution in [0, 0.1) is 17.8 Å². The molecule has 3 heteroatoms. The summed E-state index contributed by atoms with van der Waals surface area (Å²) in [6.45, 7) is 0. The number of nitrogens with two attached hydrogens (primary N) is 1. The average molecular weight is 284 g/mol. The first-order valence-electron chi connectivity index (χ1n) is 6.83. The molecule has 1 aromatic rings. The van der Waals surface area contributed by atoms with Crippen molar-refractivity contribution >= 4 is 23.2 Å². The van der Waals surface area contributed by atoms with Gasteiger partial charge in [-0.25, -0.2) is 0 Å². The van der Waals surface area contributed by atoms with Gasteiger partial charge in [-0.05, 0) is 55.1 Å². The number of halogens is 2. The summed E-state index contributed by atoms with van der Waals surface area (Å²) >= 11 is 12.3. The zero-order chi connectivity index (χ0) is 12.7. The van der Waals surface area contributed by atoms with Gasteiger partial charge in [-0.2, -0.15) is 0 Å². The maximum absolute atomic E-state index is 6.41. The van der Waals surface area contributed by atoms with Crippen LogP contribution in [0.25, 0.3) is 0 Å². The second kappa shape index (κ2) is 5.03. The van der Waals surface area contributed by atoms with Crippen LogP contribution in [-0.2, 0) is 6.42 Å². The third-order valence-electron chi connectivity index (χ3n) is 4.83. The van der Waals surface area contributed by atoms with E-state index >= 15 is 0 Å². The normalized spacial score (nSPS) is 31.8. The predicted molar refractivity (Wildman–Crippen MR) is 77.1 cm³/mol. The van der Waals surface area contributed by atoms with Gasteiger partial charge >= 0.3 is 0 Å². The van der Waals surface area contributed by atoms with Crippen LogP contribution in [0.15, 0.2) is 18.2 Å². The van der Waals surface area contributed by atoms with Gasteiger partial charge in [0.1, 0.15) is 0 Å². The summed E-state index contributed by atoms with van der Waals surface area (Å²) in [5.41, 5.74) is 7.51. The molecule has 2 fully saturated rings. The summed E-state index contributed by atoms with van der Waals surface area (Å²) < 4.78 is 0. The van der Waals surface area contributed by atoms with Crippen LogP contribution in [0.5, 0.6) is 0 Å². The quantitative estimate of drug-likeness (QED) is 0.880. The zero-order valence-corrected chi connectivity index (χ0v) is 11.9. The Morgan fingerprint density at radius 1 is 1.22 bits per heavy atom. The van der Waals surface area contributed by atoms with Crippen molar-refractivity contribution in [3.05, 3.63) is 33.8 Å². The van der Waals surface area contributed by atoms with Crippen LogP contribution in [0.3, 0.4) is 0 Å². The Morgan fingerprint density at radius 2 is 2.06 bits per heavy atom. The van der Waals surface area contributed by atoms with E-state index in [-0.39, 0.29) is 6.04 Å². The van der Waals surface area contributed by atoms with Gasteiger partial charge in [-0.1, -0.05) is 41.8 Å². The molecule has 0 heterocycles. The van der Waals surface area contributed by atoms with Gasteiger partial charge in [0.25, 0.3) is 0 Å². The molecule has 4 unspecified atom stereocenters. The third kappa shape index (κ3) is 2.29. The molecule has 2 bridgehead atoms. The van der Waals surface area contributed by atoms with Gasteiger partial charge in [-0.15, -0.1) is 0 Å². The standard InChI is InChI=1S/C15H19Cl2N/c16-13-3-1-2-11(15(13)17)8-14(18)12-7-9-4-5-10(12)6-9/h1-3,9-10,12,14H,4-8,18H2. The first-order valence-corrected chi connectivity index (χ1v) is 7.59. The molecule has 2 saturated carbocycles. The summed E-state index contributed by atoms with van der Waals surface area (Å²) in [6.07, 6.45) is 6.39. The van der Waals surface area contributed by atoms with Crippen molar-refractivity contribution in [2.75, 3.05) is 0 Å². The van der Waals surface area contributed by atoms with E-state index < -0.39 is 0 Å². The third-order valence-corrected chi connectivity index (χ3v) is 5.69. The lowest BCUT2D eigenvalue weighted by Crippen LogP contribution is -2.35. The van der Waals surface area contributed by atoms with Crippen LogP contribution >= 0.6 is 23.2 Å². The van der Waals surface area contributed by atoms with Gasteiger partial charge in [0.2, 0.25) is 0 Å². The summed E-state index contributed by atoms with van der Waals surface area (Å²) in [4.78, 5) is 0. The average Bonchev–Trinajstić information content (AvgIpc) is 2.97. The van der Waals surface area contributed by atoms with E-state index in [1.807, 2.05) is 18.2 Å². The van der Waals surface area contributed by atoms with Gasteiger partial charge in [0, 0.05) is 6.04 Å². The van der Waals surface area contributed by atoms with E-state index in [0.717, 1.165) is 23.8 Å². The van der Waals surface area contributed by atoms with Crippen LogP contribution in [-0.4, -0.2) is 6.04 Å². The monoisotopic (exact) mass is 283 g/mol. The van der Waals surface area contributed by atoms with Crippen LogP contribution < -0.4 is 5.73 Å².